The van der Waals surface area contributed by atoms with E-state index in [0.717, 1.165) is 13.1 Å². The van der Waals surface area contributed by atoms with Crippen molar-refractivity contribution in [2.75, 3.05) is 13.1 Å². The monoisotopic (exact) mass is 318 g/mol. The number of benzene rings is 1. The summed E-state index contributed by atoms with van der Waals surface area (Å²) in [5.74, 6) is 0.202. The van der Waals surface area contributed by atoms with Gasteiger partial charge in [-0.25, -0.2) is 0 Å². The summed E-state index contributed by atoms with van der Waals surface area (Å²) in [6.45, 7) is 7.50. The van der Waals surface area contributed by atoms with Crippen molar-refractivity contribution in [2.45, 2.75) is 32.5 Å². The summed E-state index contributed by atoms with van der Waals surface area (Å²) in [4.78, 5) is 20.2. The number of nitriles is 1. The van der Waals surface area contributed by atoms with Crippen molar-refractivity contribution in [3.63, 3.8) is 0 Å². The van der Waals surface area contributed by atoms with Crippen LogP contribution in [0.3, 0.4) is 0 Å². The van der Waals surface area contributed by atoms with Gasteiger partial charge in [0, 0.05) is 24.6 Å². The Hall–Kier alpha value is -2.23. The molecule has 6 nitrogen and oxygen atoms in total. The van der Waals surface area contributed by atoms with E-state index in [1.54, 1.807) is 18.2 Å². The molecular formula is C17H22N2O4. The van der Waals surface area contributed by atoms with E-state index in [9.17, 15) is 14.7 Å². The van der Waals surface area contributed by atoms with Gasteiger partial charge in [-0.15, -0.1) is 0 Å². The number of carbonyl (C=O) groups is 2. The summed E-state index contributed by atoms with van der Waals surface area (Å²) >= 11 is 0. The van der Waals surface area contributed by atoms with Gasteiger partial charge in [0.2, 0.25) is 0 Å². The molecule has 0 saturated carbocycles. The molecular weight excluding hydrogens is 296 g/mol. The molecule has 1 saturated heterocycles. The maximum absolute atomic E-state index is 10.6. The zero-order chi connectivity index (χ0) is 17.5. The minimum atomic E-state index is -0.561. The van der Waals surface area contributed by atoms with Crippen molar-refractivity contribution in [2.24, 2.45) is 5.92 Å². The fourth-order valence-electron chi connectivity index (χ4n) is 1.91. The van der Waals surface area contributed by atoms with Crippen molar-refractivity contribution in [3.8, 4) is 6.07 Å². The number of ether oxygens (including phenoxy) is 1. The molecule has 1 unspecified atom stereocenters. The third-order valence-electron chi connectivity index (χ3n) is 3.33. The number of hydrogen-bond acceptors (Lipinski definition) is 6. The molecule has 2 rings (SSSR count). The van der Waals surface area contributed by atoms with Gasteiger partial charge in [0.15, 0.2) is 6.29 Å². The molecule has 6 heteroatoms. The van der Waals surface area contributed by atoms with Crippen LogP contribution < -0.4 is 5.32 Å². The van der Waals surface area contributed by atoms with Crippen LogP contribution in [-0.2, 0) is 9.53 Å². The normalized spacial score (nSPS) is 15.3. The number of nitrogens with zero attached hydrogens (tertiary/aromatic N) is 1. The van der Waals surface area contributed by atoms with Gasteiger partial charge in [-0.3, -0.25) is 9.59 Å². The number of aliphatic hydroxyl groups is 1. The van der Waals surface area contributed by atoms with Gasteiger partial charge in [-0.05, 0) is 38.5 Å². The average Bonchev–Trinajstić information content (AvgIpc) is 2.44. The van der Waals surface area contributed by atoms with Gasteiger partial charge in [-0.1, -0.05) is 6.07 Å². The Morgan fingerprint density at radius 3 is 2.39 bits per heavy atom. The SMILES string of the molecule is CC(C)(C)OC=O.N#Cc1cc(C(O)C2CNC2)ccc1C=O. The van der Waals surface area contributed by atoms with E-state index >= 15 is 0 Å². The Bertz CT molecular complexity index is 583. The number of rotatable bonds is 4. The Labute approximate surface area is 136 Å². The standard InChI is InChI=1S/C12H12N2O2.C5H10O2/c13-4-10-3-8(1-2-9(10)7-15)12(16)11-5-14-6-11;1-5(2,3)7-4-6/h1-3,7,11-12,14,16H,5-6H2;4H,1-3H3. The molecule has 23 heavy (non-hydrogen) atoms. The summed E-state index contributed by atoms with van der Waals surface area (Å²) in [6.07, 6.45) is 0.0913. The first-order valence-corrected chi connectivity index (χ1v) is 7.32. The molecule has 0 spiro atoms. The smallest absolute Gasteiger partial charge is 0.293 e. The van der Waals surface area contributed by atoms with Crippen molar-refractivity contribution >= 4 is 12.8 Å². The highest BCUT2D eigenvalue weighted by molar-refractivity contribution is 5.79. The maximum Gasteiger partial charge on any atom is 0.293 e. The highest BCUT2D eigenvalue weighted by atomic mass is 16.5. The summed E-state index contributed by atoms with van der Waals surface area (Å²) in [5, 5.41) is 21.9. The Kier molecular flexibility index (Phi) is 6.89. The highest BCUT2D eigenvalue weighted by Gasteiger charge is 2.26. The van der Waals surface area contributed by atoms with Crippen LogP contribution in [0.5, 0.6) is 0 Å². The number of aldehydes is 1. The fourth-order valence-corrected chi connectivity index (χ4v) is 1.91. The van der Waals surface area contributed by atoms with Gasteiger partial charge in [-0.2, -0.15) is 5.26 Å². The highest BCUT2D eigenvalue weighted by Crippen LogP contribution is 2.26. The number of nitrogens with one attached hydrogen (secondary N) is 1. The number of aliphatic hydroxyl groups excluding tert-OH is 1. The van der Waals surface area contributed by atoms with Gasteiger partial charge in [0.1, 0.15) is 5.60 Å². The number of carbonyl (C=O) groups excluding carboxylic acids is 2. The Morgan fingerprint density at radius 2 is 2.04 bits per heavy atom. The lowest BCUT2D eigenvalue weighted by atomic mass is 9.90. The molecule has 124 valence electrons. The van der Waals surface area contributed by atoms with Crippen LogP contribution in [0.25, 0.3) is 0 Å². The second-order valence-electron chi connectivity index (χ2n) is 6.27. The van der Waals surface area contributed by atoms with Crippen molar-refractivity contribution in [1.29, 1.82) is 5.26 Å². The summed E-state index contributed by atoms with van der Waals surface area (Å²) in [7, 11) is 0. The van der Waals surface area contributed by atoms with Gasteiger partial charge in [0.05, 0.1) is 17.7 Å². The summed E-state index contributed by atoms with van der Waals surface area (Å²) < 4.78 is 4.55. The molecule has 0 bridgehead atoms. The van der Waals surface area contributed by atoms with Gasteiger partial charge >= 0.3 is 0 Å². The lowest BCUT2D eigenvalue weighted by Gasteiger charge is -2.31. The predicted octanol–water partition coefficient (Wildman–Crippen LogP) is 1.58. The van der Waals surface area contributed by atoms with Crippen LogP contribution in [0.15, 0.2) is 18.2 Å². The van der Waals surface area contributed by atoms with E-state index in [1.807, 2.05) is 26.8 Å². The maximum atomic E-state index is 10.6. The molecule has 0 aliphatic carbocycles. The average molecular weight is 318 g/mol. The van der Waals surface area contributed by atoms with Crippen LogP contribution in [0, 0.1) is 17.2 Å². The van der Waals surface area contributed by atoms with Crippen molar-refractivity contribution < 1.29 is 19.4 Å². The Balaban J connectivity index is 0.000000322. The lowest BCUT2D eigenvalue weighted by molar-refractivity contribution is -0.138. The van der Waals surface area contributed by atoms with E-state index in [2.05, 4.69) is 10.1 Å². The van der Waals surface area contributed by atoms with Gasteiger partial charge < -0.3 is 15.2 Å². The third-order valence-corrected chi connectivity index (χ3v) is 3.33. The van der Waals surface area contributed by atoms with Crippen LogP contribution in [-0.4, -0.2) is 36.6 Å². The van der Waals surface area contributed by atoms with E-state index < -0.39 is 6.10 Å². The third kappa shape index (κ3) is 5.81. The Morgan fingerprint density at radius 1 is 1.39 bits per heavy atom. The molecule has 1 aromatic carbocycles. The largest absolute Gasteiger partial charge is 0.462 e. The first-order chi connectivity index (χ1) is 10.8. The molecule has 0 radical (unpaired) electrons. The zero-order valence-corrected chi connectivity index (χ0v) is 13.6. The van der Waals surface area contributed by atoms with E-state index in [0.29, 0.717) is 29.4 Å². The van der Waals surface area contributed by atoms with E-state index in [-0.39, 0.29) is 11.5 Å². The topological polar surface area (TPSA) is 99.4 Å². The van der Waals surface area contributed by atoms with Gasteiger partial charge in [0.25, 0.3) is 6.47 Å². The van der Waals surface area contributed by atoms with Crippen LogP contribution in [0.4, 0.5) is 0 Å². The second kappa shape index (κ2) is 8.42. The molecule has 1 aromatic rings. The summed E-state index contributed by atoms with van der Waals surface area (Å²) in [6, 6.07) is 6.83. The fraction of sp³-hybridized carbons (Fsp3) is 0.471. The minimum absolute atomic E-state index is 0.202. The van der Waals surface area contributed by atoms with E-state index in [1.165, 1.54) is 0 Å². The molecule has 1 aliphatic heterocycles. The molecule has 1 atom stereocenters. The second-order valence-corrected chi connectivity index (χ2v) is 6.27. The quantitative estimate of drug-likeness (QED) is 0.818. The van der Waals surface area contributed by atoms with Crippen LogP contribution in [0.1, 0.15) is 48.4 Å². The molecule has 1 heterocycles. The lowest BCUT2D eigenvalue weighted by Crippen LogP contribution is -2.45. The molecule has 1 fully saturated rings. The summed E-state index contributed by atoms with van der Waals surface area (Å²) in [5.41, 5.74) is 1.07. The molecule has 1 aliphatic rings. The van der Waals surface area contributed by atoms with Crippen molar-refractivity contribution in [3.05, 3.63) is 34.9 Å². The first-order valence-electron chi connectivity index (χ1n) is 7.32. The zero-order valence-electron chi connectivity index (χ0n) is 13.6. The molecule has 0 aromatic heterocycles. The minimum Gasteiger partial charge on any atom is -0.462 e. The number of hydrogen-bond donors (Lipinski definition) is 2. The van der Waals surface area contributed by atoms with Crippen LogP contribution in [0.2, 0.25) is 0 Å². The van der Waals surface area contributed by atoms with Crippen LogP contribution >= 0.6 is 0 Å². The predicted molar refractivity (Wildman–Crippen MR) is 84.8 cm³/mol. The van der Waals surface area contributed by atoms with E-state index in [4.69, 9.17) is 5.26 Å². The molecule has 2 N–H and O–H groups in total. The molecule has 0 amide bonds. The van der Waals surface area contributed by atoms with Crippen molar-refractivity contribution in [1.82, 2.24) is 5.32 Å². The first kappa shape index (κ1) is 18.8.